The van der Waals surface area contributed by atoms with Gasteiger partial charge in [-0.25, -0.2) is 9.97 Å². The summed E-state index contributed by atoms with van der Waals surface area (Å²) in [6.45, 7) is 5.01. The number of hydrogen-bond acceptors (Lipinski definition) is 8. The van der Waals surface area contributed by atoms with Gasteiger partial charge < -0.3 is 29.2 Å². The topological polar surface area (TPSA) is 128 Å². The van der Waals surface area contributed by atoms with Crippen LogP contribution in [0, 0.1) is 22.7 Å². The Labute approximate surface area is 369 Å². The lowest BCUT2D eigenvalue weighted by Gasteiger charge is -2.26. The normalized spacial score (nSPS) is 11.0. The predicted molar refractivity (Wildman–Crippen MR) is 247 cm³/mol. The average Bonchev–Trinajstić information content (AvgIpc) is 4.03. The van der Waals surface area contributed by atoms with Crippen molar-refractivity contribution < 1.29 is 9.47 Å². The van der Waals surface area contributed by atoms with E-state index in [0.29, 0.717) is 36.8 Å². The maximum absolute atomic E-state index is 9.17. The van der Waals surface area contributed by atoms with Crippen LogP contribution in [0.15, 0.2) is 183 Å². The summed E-state index contributed by atoms with van der Waals surface area (Å²) in [7, 11) is 0. The van der Waals surface area contributed by atoms with E-state index in [1.807, 2.05) is 152 Å². The molecule has 8 rings (SSSR count). The molecule has 0 aliphatic rings. The molecule has 2 heterocycles. The Morgan fingerprint density at radius 1 is 0.667 bits per heavy atom. The first kappa shape index (κ1) is 43.2. The first-order chi connectivity index (χ1) is 31.0. The molecule has 0 aliphatic carbocycles. The summed E-state index contributed by atoms with van der Waals surface area (Å²) >= 11 is 0. The van der Waals surface area contributed by atoms with Crippen LogP contribution in [-0.2, 0) is 32.6 Å². The third kappa shape index (κ3) is 13.3. The molecule has 10 nitrogen and oxygen atoms in total. The standard InChI is InChI=1S/C32H25N5O.C21H25N3O/c33-18-25-6-10-27(11-7-25)21-36(29-14-16-32(17-15-29)38-31-4-2-1-3-5-31)23-30-20-35-24-37(30)22-28-12-8-26(19-34)9-13-28;1-17(23-15-19-14-22-16-24-19)8-7-10-18-9-5-6-13-21(18)25-20-11-3-2-4-12-20/h1-17,20,24H,21-23H2;2-6,9,11-14,16-17,23H,7-8,10,15H2,1H3,(H,22,24). The van der Waals surface area contributed by atoms with Gasteiger partial charge in [-0.1, -0.05) is 78.9 Å². The van der Waals surface area contributed by atoms with Crippen molar-refractivity contribution in [3.8, 4) is 35.1 Å². The molecule has 2 aromatic heterocycles. The molecular weight excluding hydrogens is 781 g/mol. The molecule has 6 aromatic carbocycles. The van der Waals surface area contributed by atoms with Crippen LogP contribution in [-0.4, -0.2) is 25.6 Å². The van der Waals surface area contributed by atoms with E-state index in [1.165, 1.54) is 5.56 Å². The van der Waals surface area contributed by atoms with Crippen molar-refractivity contribution in [1.82, 2.24) is 24.8 Å². The minimum atomic E-state index is 0.463. The lowest BCUT2D eigenvalue weighted by Crippen LogP contribution is -2.25. The maximum atomic E-state index is 9.17. The summed E-state index contributed by atoms with van der Waals surface area (Å²) in [5.74, 6) is 3.39. The van der Waals surface area contributed by atoms with E-state index in [4.69, 9.17) is 14.7 Å². The van der Waals surface area contributed by atoms with E-state index < -0.39 is 0 Å². The molecule has 0 saturated heterocycles. The van der Waals surface area contributed by atoms with Crippen LogP contribution in [0.2, 0.25) is 0 Å². The average molecular weight is 831 g/mol. The SMILES string of the molecule is CC(CCCc1ccccc1Oc1ccccc1)NCc1cnc[nH]1.N#Cc1ccc(CN(Cc2cncn2Cc2ccc(C#N)cc2)c2ccc(Oc3ccccc3)cc2)cc1. The first-order valence-electron chi connectivity index (χ1n) is 21.1. The number of hydrogen-bond donors (Lipinski definition) is 2. The lowest BCUT2D eigenvalue weighted by atomic mass is 10.0. The maximum Gasteiger partial charge on any atom is 0.130 e. The van der Waals surface area contributed by atoms with E-state index in [1.54, 1.807) is 6.33 Å². The van der Waals surface area contributed by atoms with Crippen LogP contribution in [0.4, 0.5) is 5.69 Å². The minimum Gasteiger partial charge on any atom is -0.457 e. The highest BCUT2D eigenvalue weighted by Crippen LogP contribution is 2.28. The number of imidazole rings is 2. The zero-order valence-electron chi connectivity index (χ0n) is 35.3. The molecule has 0 saturated carbocycles. The van der Waals surface area contributed by atoms with Crippen LogP contribution < -0.4 is 19.7 Å². The number of H-pyrrole nitrogens is 1. The van der Waals surface area contributed by atoms with Gasteiger partial charge in [0.15, 0.2) is 0 Å². The molecule has 0 spiro atoms. The zero-order valence-corrected chi connectivity index (χ0v) is 35.3. The van der Waals surface area contributed by atoms with E-state index >= 15 is 0 Å². The number of nitrogens with one attached hydrogen (secondary N) is 2. The molecule has 0 fully saturated rings. The second kappa shape index (κ2) is 22.6. The molecule has 1 unspecified atom stereocenters. The number of benzene rings is 6. The summed E-state index contributed by atoms with van der Waals surface area (Å²) in [4.78, 5) is 13.8. The van der Waals surface area contributed by atoms with Gasteiger partial charge in [0, 0.05) is 49.5 Å². The molecule has 8 aromatic rings. The molecule has 314 valence electrons. The van der Waals surface area contributed by atoms with E-state index in [0.717, 1.165) is 77.0 Å². The van der Waals surface area contributed by atoms with Crippen LogP contribution in [0.5, 0.6) is 23.0 Å². The first-order valence-corrected chi connectivity index (χ1v) is 21.1. The van der Waals surface area contributed by atoms with E-state index in [2.05, 4.69) is 73.1 Å². The van der Waals surface area contributed by atoms with Crippen LogP contribution in [0.1, 0.15) is 59.0 Å². The van der Waals surface area contributed by atoms with Crippen molar-refractivity contribution in [3.05, 3.63) is 222 Å². The number of aryl methyl sites for hydroxylation is 1. The Morgan fingerprint density at radius 3 is 1.94 bits per heavy atom. The third-order valence-corrected chi connectivity index (χ3v) is 10.4. The van der Waals surface area contributed by atoms with Crippen LogP contribution in [0.3, 0.4) is 0 Å². The highest BCUT2D eigenvalue weighted by molar-refractivity contribution is 5.51. The van der Waals surface area contributed by atoms with Gasteiger partial charge in [0.25, 0.3) is 0 Å². The zero-order chi connectivity index (χ0) is 43.5. The number of aromatic amines is 1. The molecular formula is C53H50N8O2. The minimum absolute atomic E-state index is 0.463. The second-order valence-electron chi connectivity index (χ2n) is 15.2. The van der Waals surface area contributed by atoms with Crippen molar-refractivity contribution >= 4 is 5.69 Å². The Morgan fingerprint density at radius 2 is 1.29 bits per heavy atom. The monoisotopic (exact) mass is 830 g/mol. The molecule has 2 N–H and O–H groups in total. The number of ether oxygens (including phenoxy) is 2. The van der Waals surface area contributed by atoms with Gasteiger partial charge in [0.2, 0.25) is 0 Å². The molecule has 10 heteroatoms. The smallest absolute Gasteiger partial charge is 0.130 e. The number of aromatic nitrogens is 4. The Kier molecular flexibility index (Phi) is 15.5. The Balaban J connectivity index is 0.000000206. The molecule has 0 amide bonds. The number of nitrogens with zero attached hydrogens (tertiary/aromatic N) is 6. The lowest BCUT2D eigenvalue weighted by molar-refractivity contribution is 0.467. The number of nitriles is 2. The molecule has 63 heavy (non-hydrogen) atoms. The van der Waals surface area contributed by atoms with Gasteiger partial charge in [-0.15, -0.1) is 0 Å². The van der Waals surface area contributed by atoms with Crippen molar-refractivity contribution in [2.75, 3.05) is 4.90 Å². The van der Waals surface area contributed by atoms with E-state index in [9.17, 15) is 5.26 Å². The molecule has 0 aliphatic heterocycles. The van der Waals surface area contributed by atoms with Crippen molar-refractivity contribution in [2.45, 2.75) is 58.4 Å². The highest BCUT2D eigenvalue weighted by atomic mass is 16.5. The third-order valence-electron chi connectivity index (χ3n) is 10.4. The van der Waals surface area contributed by atoms with Gasteiger partial charge in [0.05, 0.1) is 48.2 Å². The highest BCUT2D eigenvalue weighted by Gasteiger charge is 2.14. The fraction of sp³-hybridized carbons (Fsp3) is 0.170. The largest absolute Gasteiger partial charge is 0.457 e. The van der Waals surface area contributed by atoms with Gasteiger partial charge in [0.1, 0.15) is 23.0 Å². The Hall–Kier alpha value is -7.92. The van der Waals surface area contributed by atoms with Gasteiger partial charge in [-0.2, -0.15) is 10.5 Å². The van der Waals surface area contributed by atoms with Crippen LogP contribution in [0.25, 0.3) is 0 Å². The summed E-state index contributed by atoms with van der Waals surface area (Å²) < 4.78 is 14.1. The number of rotatable bonds is 18. The number of anilines is 1. The second-order valence-corrected chi connectivity index (χ2v) is 15.2. The van der Waals surface area contributed by atoms with Crippen molar-refractivity contribution in [1.29, 1.82) is 10.5 Å². The molecule has 0 bridgehead atoms. The summed E-state index contributed by atoms with van der Waals surface area (Å²) in [5, 5.41) is 21.8. The fourth-order valence-electron chi connectivity index (χ4n) is 6.98. The van der Waals surface area contributed by atoms with Crippen molar-refractivity contribution in [2.24, 2.45) is 0 Å². The van der Waals surface area contributed by atoms with Gasteiger partial charge >= 0.3 is 0 Å². The molecule has 0 radical (unpaired) electrons. The van der Waals surface area contributed by atoms with Crippen LogP contribution >= 0.6 is 0 Å². The summed E-state index contributed by atoms with van der Waals surface area (Å²) in [5.41, 5.74) is 7.97. The predicted octanol–water partition coefficient (Wildman–Crippen LogP) is 11.4. The fourth-order valence-corrected chi connectivity index (χ4v) is 6.98. The van der Waals surface area contributed by atoms with Crippen molar-refractivity contribution in [3.63, 3.8) is 0 Å². The number of para-hydroxylation sites is 3. The molecule has 1 atom stereocenters. The van der Waals surface area contributed by atoms with Gasteiger partial charge in [-0.3, -0.25) is 0 Å². The van der Waals surface area contributed by atoms with Gasteiger partial charge in [-0.05, 0) is 122 Å². The quantitative estimate of drug-likeness (QED) is 0.0875. The summed E-state index contributed by atoms with van der Waals surface area (Å²) in [6.07, 6.45) is 10.5. The van der Waals surface area contributed by atoms with E-state index in [-0.39, 0.29) is 0 Å². The Bertz CT molecular complexity index is 2650. The summed E-state index contributed by atoms with van der Waals surface area (Å²) in [6, 6.07) is 56.1.